The van der Waals surface area contributed by atoms with Crippen molar-refractivity contribution in [2.75, 3.05) is 7.11 Å². The van der Waals surface area contributed by atoms with Gasteiger partial charge in [0.2, 0.25) is 11.8 Å². The number of nitrogens with zero attached hydrogens (tertiary/aromatic N) is 2. The highest BCUT2D eigenvalue weighted by atomic mass is 16.5. The van der Waals surface area contributed by atoms with Gasteiger partial charge in [-0.3, -0.25) is 4.79 Å². The number of methoxy groups -OCH3 is 1. The molecule has 0 fully saturated rings. The van der Waals surface area contributed by atoms with E-state index in [2.05, 4.69) is 14.9 Å². The summed E-state index contributed by atoms with van der Waals surface area (Å²) in [5.41, 5.74) is 5.47. The van der Waals surface area contributed by atoms with E-state index in [4.69, 9.17) is 10.2 Å². The third-order valence-electron chi connectivity index (χ3n) is 1.47. The van der Waals surface area contributed by atoms with E-state index >= 15 is 0 Å². The normalized spacial score (nSPS) is 12.5. The molecule has 6 heteroatoms. The van der Waals surface area contributed by atoms with Crippen molar-refractivity contribution in [3.05, 3.63) is 11.8 Å². The van der Waals surface area contributed by atoms with Crippen LogP contribution in [0.5, 0.6) is 0 Å². The van der Waals surface area contributed by atoms with Crippen LogP contribution in [-0.2, 0) is 16.0 Å². The molecule has 0 spiro atoms. The van der Waals surface area contributed by atoms with Gasteiger partial charge in [0.05, 0.1) is 13.5 Å². The summed E-state index contributed by atoms with van der Waals surface area (Å²) in [6, 6.07) is -0.746. The fourth-order valence-corrected chi connectivity index (χ4v) is 0.843. The van der Waals surface area contributed by atoms with Gasteiger partial charge >= 0.3 is 5.97 Å². The third kappa shape index (κ3) is 2.51. The Morgan fingerprint density at radius 3 is 2.85 bits per heavy atom. The summed E-state index contributed by atoms with van der Waals surface area (Å²) >= 11 is 0. The molecule has 0 saturated heterocycles. The van der Waals surface area contributed by atoms with Crippen LogP contribution in [-0.4, -0.2) is 29.3 Å². The van der Waals surface area contributed by atoms with Gasteiger partial charge in [0.25, 0.3) is 0 Å². The molecule has 1 heterocycles. The lowest BCUT2D eigenvalue weighted by Gasteiger charge is -2.04. The van der Waals surface area contributed by atoms with Crippen LogP contribution in [0, 0.1) is 6.92 Å². The molecule has 1 atom stereocenters. The standard InChI is InChI=1S/C7H11N3O3/c1-4-9-10-6(13-4)3-5(8)7(11)12-2/h5H,3,8H2,1-2H3/t5-/m0/s1. The van der Waals surface area contributed by atoms with Gasteiger partial charge in [0.1, 0.15) is 6.04 Å². The highest BCUT2D eigenvalue weighted by Crippen LogP contribution is 2.01. The minimum Gasteiger partial charge on any atom is -0.468 e. The number of ether oxygens (including phenoxy) is 1. The zero-order valence-electron chi connectivity index (χ0n) is 7.48. The number of aryl methyl sites for hydroxylation is 1. The molecule has 0 saturated carbocycles. The van der Waals surface area contributed by atoms with Crippen molar-refractivity contribution in [1.82, 2.24) is 10.2 Å². The summed E-state index contributed by atoms with van der Waals surface area (Å²) in [5, 5.41) is 7.30. The molecule has 13 heavy (non-hydrogen) atoms. The van der Waals surface area contributed by atoms with Crippen LogP contribution in [0.25, 0.3) is 0 Å². The molecule has 0 radical (unpaired) electrons. The minimum absolute atomic E-state index is 0.202. The lowest BCUT2D eigenvalue weighted by Crippen LogP contribution is -2.33. The number of esters is 1. The van der Waals surface area contributed by atoms with E-state index in [1.807, 2.05) is 0 Å². The molecular formula is C7H11N3O3. The Labute approximate surface area is 75.1 Å². The maximum atomic E-state index is 10.9. The summed E-state index contributed by atoms with van der Waals surface area (Å²) < 4.78 is 9.48. The molecule has 1 aromatic heterocycles. The molecule has 0 aromatic carbocycles. The fourth-order valence-electron chi connectivity index (χ4n) is 0.843. The van der Waals surface area contributed by atoms with Gasteiger partial charge in [-0.25, -0.2) is 0 Å². The molecule has 0 unspecified atom stereocenters. The first-order valence-electron chi connectivity index (χ1n) is 3.76. The zero-order valence-corrected chi connectivity index (χ0v) is 7.48. The molecule has 0 bridgehead atoms. The Bertz CT molecular complexity index is 297. The molecule has 6 nitrogen and oxygen atoms in total. The number of carbonyl (C=O) groups is 1. The Morgan fingerprint density at radius 1 is 1.69 bits per heavy atom. The van der Waals surface area contributed by atoms with Gasteiger partial charge < -0.3 is 14.9 Å². The summed E-state index contributed by atoms with van der Waals surface area (Å²) in [4.78, 5) is 10.9. The van der Waals surface area contributed by atoms with Crippen molar-refractivity contribution >= 4 is 5.97 Å². The second-order valence-corrected chi connectivity index (χ2v) is 2.55. The molecular weight excluding hydrogens is 174 g/mol. The number of hydrogen-bond donors (Lipinski definition) is 1. The number of hydrogen-bond acceptors (Lipinski definition) is 6. The first kappa shape index (κ1) is 9.66. The van der Waals surface area contributed by atoms with E-state index in [1.54, 1.807) is 6.92 Å². The van der Waals surface area contributed by atoms with E-state index in [1.165, 1.54) is 7.11 Å². The molecule has 0 amide bonds. The smallest absolute Gasteiger partial charge is 0.323 e. The van der Waals surface area contributed by atoms with Gasteiger partial charge in [-0.05, 0) is 0 Å². The van der Waals surface area contributed by atoms with Crippen LogP contribution < -0.4 is 5.73 Å². The SMILES string of the molecule is COC(=O)[C@@H](N)Cc1nnc(C)o1. The van der Waals surface area contributed by atoms with Crippen molar-refractivity contribution in [3.8, 4) is 0 Å². The van der Waals surface area contributed by atoms with Crippen molar-refractivity contribution in [3.63, 3.8) is 0 Å². The lowest BCUT2D eigenvalue weighted by atomic mass is 10.2. The van der Waals surface area contributed by atoms with Crippen LogP contribution in [0.2, 0.25) is 0 Å². The van der Waals surface area contributed by atoms with E-state index in [9.17, 15) is 4.79 Å². The van der Waals surface area contributed by atoms with Gasteiger partial charge in [-0.15, -0.1) is 10.2 Å². The largest absolute Gasteiger partial charge is 0.468 e. The molecule has 0 aliphatic heterocycles. The number of nitrogens with two attached hydrogens (primary N) is 1. The van der Waals surface area contributed by atoms with Gasteiger partial charge in [-0.1, -0.05) is 0 Å². The summed E-state index contributed by atoms with van der Waals surface area (Å²) in [5.74, 6) is 0.304. The average Bonchev–Trinajstić information content (AvgIpc) is 2.49. The second-order valence-electron chi connectivity index (χ2n) is 2.55. The van der Waals surface area contributed by atoms with E-state index in [0.717, 1.165) is 0 Å². The fraction of sp³-hybridized carbons (Fsp3) is 0.571. The van der Waals surface area contributed by atoms with Crippen LogP contribution in [0.4, 0.5) is 0 Å². The van der Waals surface area contributed by atoms with Crippen LogP contribution in [0.1, 0.15) is 11.8 Å². The topological polar surface area (TPSA) is 91.2 Å². The maximum absolute atomic E-state index is 10.9. The number of carbonyl (C=O) groups excluding carboxylic acids is 1. The molecule has 72 valence electrons. The molecule has 1 rings (SSSR count). The first-order chi connectivity index (χ1) is 6.13. The predicted octanol–water partition coefficient (Wildman–Crippen LogP) is -0.579. The van der Waals surface area contributed by atoms with Crippen molar-refractivity contribution in [2.24, 2.45) is 5.73 Å². The van der Waals surface area contributed by atoms with Crippen LogP contribution in [0.3, 0.4) is 0 Å². The molecule has 1 aromatic rings. The quantitative estimate of drug-likeness (QED) is 0.633. The summed E-state index contributed by atoms with van der Waals surface area (Å²) in [7, 11) is 1.28. The minimum atomic E-state index is -0.746. The van der Waals surface area contributed by atoms with Crippen LogP contribution >= 0.6 is 0 Å². The average molecular weight is 185 g/mol. The van der Waals surface area contributed by atoms with E-state index < -0.39 is 12.0 Å². The van der Waals surface area contributed by atoms with Crippen molar-refractivity contribution < 1.29 is 13.9 Å². The summed E-state index contributed by atoms with van der Waals surface area (Å²) in [6.45, 7) is 1.67. The van der Waals surface area contributed by atoms with Crippen molar-refractivity contribution in [1.29, 1.82) is 0 Å². The molecule has 0 aliphatic rings. The van der Waals surface area contributed by atoms with Gasteiger partial charge in [-0.2, -0.15) is 0 Å². The van der Waals surface area contributed by atoms with E-state index in [0.29, 0.717) is 11.8 Å². The predicted molar refractivity (Wildman–Crippen MR) is 42.7 cm³/mol. The Hall–Kier alpha value is -1.43. The van der Waals surface area contributed by atoms with Gasteiger partial charge in [0, 0.05) is 6.92 Å². The van der Waals surface area contributed by atoms with Crippen LogP contribution in [0.15, 0.2) is 4.42 Å². The molecule has 2 N–H and O–H groups in total. The highest BCUT2D eigenvalue weighted by Gasteiger charge is 2.17. The lowest BCUT2D eigenvalue weighted by molar-refractivity contribution is -0.142. The maximum Gasteiger partial charge on any atom is 0.323 e. The first-order valence-corrected chi connectivity index (χ1v) is 3.76. The number of rotatable bonds is 3. The summed E-state index contributed by atoms with van der Waals surface area (Å²) in [6.07, 6.45) is 0.202. The Kier molecular flexibility index (Phi) is 2.97. The third-order valence-corrected chi connectivity index (χ3v) is 1.47. The highest BCUT2D eigenvalue weighted by molar-refractivity contribution is 5.75. The number of aromatic nitrogens is 2. The Morgan fingerprint density at radius 2 is 2.38 bits per heavy atom. The van der Waals surface area contributed by atoms with E-state index in [-0.39, 0.29) is 6.42 Å². The molecule has 0 aliphatic carbocycles. The van der Waals surface area contributed by atoms with Crippen molar-refractivity contribution in [2.45, 2.75) is 19.4 Å². The second kappa shape index (κ2) is 3.99. The monoisotopic (exact) mass is 185 g/mol. The Balaban J connectivity index is 2.54. The van der Waals surface area contributed by atoms with Gasteiger partial charge in [0.15, 0.2) is 0 Å². The zero-order chi connectivity index (χ0) is 9.84.